The van der Waals surface area contributed by atoms with E-state index in [2.05, 4.69) is 4.72 Å². The number of nitrogens with one attached hydrogen (secondary N) is 1. The molecule has 0 aromatic heterocycles. The number of cyclic esters (lactones) is 1. The molecule has 0 spiro atoms. The molecule has 1 amide bonds. The molecular formula is C52H82N2O16S. The molecule has 71 heavy (non-hydrogen) atoms. The third kappa shape index (κ3) is 17.6. The topological polar surface area (TPSA) is 262 Å². The number of sulfonamides is 1. The van der Waals surface area contributed by atoms with Crippen molar-refractivity contribution in [2.45, 2.75) is 179 Å². The summed E-state index contributed by atoms with van der Waals surface area (Å²) in [5.41, 5.74) is 0.921. The van der Waals surface area contributed by atoms with Crippen molar-refractivity contribution in [3.05, 3.63) is 47.6 Å². The predicted octanol–water partition coefficient (Wildman–Crippen LogP) is 3.97. The van der Waals surface area contributed by atoms with Crippen LogP contribution in [0.4, 0.5) is 0 Å². The number of piperidine rings is 1. The Balaban J connectivity index is 1.71. The largest absolute Gasteiger partial charge is 0.460 e. The first-order chi connectivity index (χ1) is 33.7. The van der Waals surface area contributed by atoms with E-state index in [0.29, 0.717) is 68.9 Å². The van der Waals surface area contributed by atoms with Crippen molar-refractivity contribution in [1.82, 2.24) is 9.62 Å². The SMILES string of the molecule is CO[C@@H]1C[C@H](C[C@@H](C)[C@@H]2CC(=O)[C@H](C)/C=C(\C)[C@@H](O)[C@@H](OC)C(=O)CCC/C=C/C=C/C=C(\C)[C@@H](NS(=O)(=O)CCOCCO)C[C@@H]3CC[C@@H](C)[C@@](O)(O3)C(=O)C(=O)N3CCCC[C@H]3C(=O)O2)CC[C@H]1O. The number of nitrogens with zero attached hydrogens (tertiary/aromatic N) is 1. The molecular weight excluding hydrogens is 941 g/mol. The van der Waals surface area contributed by atoms with Crippen LogP contribution >= 0.6 is 0 Å². The summed E-state index contributed by atoms with van der Waals surface area (Å²) < 4.78 is 57.9. The number of methoxy groups -OCH3 is 2. The second-order valence-corrected chi connectivity index (χ2v) is 22.0. The van der Waals surface area contributed by atoms with E-state index in [-0.39, 0.29) is 88.0 Å². The van der Waals surface area contributed by atoms with Crippen LogP contribution in [0.15, 0.2) is 47.6 Å². The highest BCUT2D eigenvalue weighted by Gasteiger charge is 2.53. The lowest BCUT2D eigenvalue weighted by molar-refractivity contribution is -0.264. The molecule has 402 valence electrons. The van der Waals surface area contributed by atoms with Crippen molar-refractivity contribution in [3.63, 3.8) is 0 Å². The molecule has 1 saturated carbocycles. The number of carbonyl (C=O) groups excluding carboxylic acids is 5. The molecule has 2 bridgehead atoms. The third-order valence-electron chi connectivity index (χ3n) is 14.6. The number of carbonyl (C=O) groups is 5. The number of hydrogen-bond acceptors (Lipinski definition) is 16. The van der Waals surface area contributed by atoms with Gasteiger partial charge in [0, 0.05) is 51.5 Å². The number of amides is 1. The summed E-state index contributed by atoms with van der Waals surface area (Å²) in [6.07, 6.45) is 9.82. The molecule has 0 unspecified atom stereocenters. The summed E-state index contributed by atoms with van der Waals surface area (Å²) >= 11 is 0. The molecule has 1 aliphatic carbocycles. The fourth-order valence-corrected chi connectivity index (χ4v) is 11.3. The standard InChI is InChI=1S/C52H82N2O16S/c1-33-16-12-10-8-9-11-13-18-43(57)48(67-7)47(59)36(4)28-34(2)44(58)32-45(35(3)29-38-20-22-42(56)46(30-38)66-6)69-51(62)41-17-14-15-23-54(41)50(61)49(60)52(63)37(5)19-21-39(70-52)31-40(33)53-71(64,65)27-26-68-25-24-55/h8-10,12,16,28,34-35,37-42,45-48,53,55-56,59,63H,11,13-15,17-27,29-32H2,1-7H3/b9-8+,12-10+,33-16+,36-28+/t34-,35-,37-,38+,39+,40+,41+,42-,45+,46-,47-,48+,52-/m1/s1. The Morgan fingerprint density at radius 3 is 2.35 bits per heavy atom. The van der Waals surface area contributed by atoms with Gasteiger partial charge in [0.25, 0.3) is 11.7 Å². The summed E-state index contributed by atoms with van der Waals surface area (Å²) in [7, 11) is -1.09. The van der Waals surface area contributed by atoms with E-state index in [4.69, 9.17) is 28.8 Å². The Morgan fingerprint density at radius 2 is 1.65 bits per heavy atom. The molecule has 0 aromatic rings. The first-order valence-corrected chi connectivity index (χ1v) is 27.1. The van der Waals surface area contributed by atoms with Gasteiger partial charge in [-0.25, -0.2) is 17.9 Å². The minimum absolute atomic E-state index is 0.00710. The van der Waals surface area contributed by atoms with Crippen molar-refractivity contribution >= 4 is 39.2 Å². The van der Waals surface area contributed by atoms with Gasteiger partial charge in [0.2, 0.25) is 15.8 Å². The number of allylic oxidation sites excluding steroid dienone is 6. The van der Waals surface area contributed by atoms with Gasteiger partial charge >= 0.3 is 5.97 Å². The number of hydrogen-bond donors (Lipinski definition) is 5. The summed E-state index contributed by atoms with van der Waals surface area (Å²) in [5.74, 6) is -8.79. The summed E-state index contributed by atoms with van der Waals surface area (Å²) in [4.78, 5) is 71.7. The van der Waals surface area contributed by atoms with Crippen LogP contribution < -0.4 is 4.72 Å². The Kier molecular flexibility index (Phi) is 24.4. The van der Waals surface area contributed by atoms with Crippen molar-refractivity contribution in [2.75, 3.05) is 46.3 Å². The number of aliphatic hydroxyl groups excluding tert-OH is 3. The van der Waals surface area contributed by atoms with Crippen LogP contribution in [0.2, 0.25) is 0 Å². The minimum atomic E-state index is -3.97. The smallest absolute Gasteiger partial charge is 0.329 e. The summed E-state index contributed by atoms with van der Waals surface area (Å²) in [6, 6.07) is -2.11. The number of rotatable bonds is 12. The lowest BCUT2D eigenvalue weighted by Crippen LogP contribution is -2.61. The Labute approximate surface area is 420 Å². The number of fused-ring (bicyclic) bond motifs is 3. The number of esters is 1. The zero-order valence-electron chi connectivity index (χ0n) is 42.9. The molecule has 4 aliphatic rings. The highest BCUT2D eigenvalue weighted by molar-refractivity contribution is 7.89. The van der Waals surface area contributed by atoms with Crippen LogP contribution in [0.1, 0.15) is 125 Å². The van der Waals surface area contributed by atoms with Crippen molar-refractivity contribution in [2.24, 2.45) is 23.7 Å². The second kappa shape index (κ2) is 28.8. The fraction of sp³-hybridized carbons (Fsp3) is 0.750. The lowest BCUT2D eigenvalue weighted by atomic mass is 9.78. The average Bonchev–Trinajstić information content (AvgIpc) is 3.34. The predicted molar refractivity (Wildman–Crippen MR) is 264 cm³/mol. The normalized spacial score (nSPS) is 36.1. The highest BCUT2D eigenvalue weighted by Crippen LogP contribution is 2.37. The van der Waals surface area contributed by atoms with E-state index in [1.165, 1.54) is 7.11 Å². The van der Waals surface area contributed by atoms with Gasteiger partial charge in [-0.3, -0.25) is 19.2 Å². The molecule has 18 nitrogen and oxygen atoms in total. The third-order valence-corrected chi connectivity index (χ3v) is 16.0. The van der Waals surface area contributed by atoms with Crippen molar-refractivity contribution in [1.29, 1.82) is 0 Å². The van der Waals surface area contributed by atoms with Crippen LogP contribution in [0.5, 0.6) is 0 Å². The Morgan fingerprint density at radius 1 is 0.901 bits per heavy atom. The van der Waals surface area contributed by atoms with Crippen LogP contribution in [0, 0.1) is 23.7 Å². The first-order valence-electron chi connectivity index (χ1n) is 25.5. The highest BCUT2D eigenvalue weighted by atomic mass is 32.2. The summed E-state index contributed by atoms with van der Waals surface area (Å²) in [6.45, 7) is 7.96. The van der Waals surface area contributed by atoms with Gasteiger partial charge in [-0.1, -0.05) is 62.8 Å². The van der Waals surface area contributed by atoms with E-state index < -0.39 is 93.7 Å². The Bertz CT molecular complexity index is 2020. The summed E-state index contributed by atoms with van der Waals surface area (Å²) in [5, 5.41) is 43.0. The van der Waals surface area contributed by atoms with Crippen LogP contribution in [-0.2, 0) is 57.7 Å². The minimum Gasteiger partial charge on any atom is -0.460 e. The lowest BCUT2D eigenvalue weighted by Gasteiger charge is -2.43. The van der Waals surface area contributed by atoms with Crippen LogP contribution in [0.25, 0.3) is 0 Å². The van der Waals surface area contributed by atoms with E-state index in [1.54, 1.807) is 65.2 Å². The molecule has 3 aliphatic heterocycles. The van der Waals surface area contributed by atoms with Gasteiger partial charge in [-0.15, -0.1) is 0 Å². The Hall–Kier alpha value is -3.50. The monoisotopic (exact) mass is 1020 g/mol. The number of ketones is 3. The van der Waals surface area contributed by atoms with Gasteiger partial charge in [-0.05, 0) is 108 Å². The molecule has 3 fully saturated rings. The van der Waals surface area contributed by atoms with Gasteiger partial charge in [0.15, 0.2) is 5.78 Å². The molecule has 13 atom stereocenters. The van der Waals surface area contributed by atoms with Crippen molar-refractivity contribution in [3.8, 4) is 0 Å². The number of Topliss-reactive ketones (excluding diaryl/α,β-unsaturated/α-hetero) is 3. The zero-order valence-corrected chi connectivity index (χ0v) is 43.7. The van der Waals surface area contributed by atoms with Crippen LogP contribution in [-0.4, -0.2) is 164 Å². The van der Waals surface area contributed by atoms with Crippen molar-refractivity contribution < 1.29 is 76.5 Å². The van der Waals surface area contributed by atoms with E-state index in [9.17, 15) is 47.7 Å². The zero-order chi connectivity index (χ0) is 52.5. The van der Waals surface area contributed by atoms with E-state index >= 15 is 0 Å². The van der Waals surface area contributed by atoms with Gasteiger partial charge in [0.1, 0.15) is 30.1 Å². The quantitative estimate of drug-likeness (QED) is 0.0802. The van der Waals surface area contributed by atoms with Gasteiger partial charge in [0.05, 0.1) is 43.9 Å². The maximum absolute atomic E-state index is 14.4. The molecule has 2 saturated heterocycles. The maximum atomic E-state index is 14.4. The van der Waals surface area contributed by atoms with Crippen LogP contribution in [0.3, 0.4) is 0 Å². The molecule has 0 radical (unpaired) electrons. The molecule has 19 heteroatoms. The molecule has 0 aromatic carbocycles. The second-order valence-electron chi connectivity index (χ2n) is 20.1. The molecule has 5 N–H and O–H groups in total. The van der Waals surface area contributed by atoms with Gasteiger partial charge in [-0.2, -0.15) is 0 Å². The average molecular weight is 1020 g/mol. The number of ether oxygens (including phenoxy) is 5. The van der Waals surface area contributed by atoms with Gasteiger partial charge < -0.3 is 49.0 Å². The first kappa shape index (κ1) is 60.1. The number of aliphatic hydroxyl groups is 4. The van der Waals surface area contributed by atoms with E-state index in [0.717, 1.165) is 4.90 Å². The maximum Gasteiger partial charge on any atom is 0.329 e. The molecule has 4 rings (SSSR count). The van der Waals surface area contributed by atoms with E-state index in [1.807, 2.05) is 13.0 Å². The fourth-order valence-electron chi connectivity index (χ4n) is 10.1. The molecule has 3 heterocycles.